The third-order valence-corrected chi connectivity index (χ3v) is 6.61. The number of aliphatic hydroxyl groups excluding tert-OH is 3. The first-order chi connectivity index (χ1) is 14.2. The van der Waals surface area contributed by atoms with Gasteiger partial charge in [0.05, 0.1) is 13.2 Å². The molecule has 0 spiro atoms. The molecule has 1 rings (SSSR count). The van der Waals surface area contributed by atoms with Crippen LogP contribution >= 0.6 is 0 Å². The summed E-state index contributed by atoms with van der Waals surface area (Å²) in [6, 6.07) is 0. The number of hydrogen-bond donors (Lipinski definition) is 3. The highest BCUT2D eigenvalue weighted by Gasteiger charge is 2.38. The summed E-state index contributed by atoms with van der Waals surface area (Å²) < 4.78 is 10.9. The van der Waals surface area contributed by atoms with E-state index in [0.717, 1.165) is 24.2 Å². The van der Waals surface area contributed by atoms with E-state index in [2.05, 4.69) is 34.6 Å². The van der Waals surface area contributed by atoms with Crippen LogP contribution in [0.25, 0.3) is 0 Å². The fourth-order valence-corrected chi connectivity index (χ4v) is 4.25. The summed E-state index contributed by atoms with van der Waals surface area (Å²) in [4.78, 5) is 0. The molecule has 7 atom stereocenters. The number of aliphatic hydroxyl groups is 3. The second-order valence-corrected chi connectivity index (χ2v) is 10.4. The van der Waals surface area contributed by atoms with Gasteiger partial charge < -0.3 is 24.8 Å². The molecule has 0 saturated carbocycles. The van der Waals surface area contributed by atoms with Crippen LogP contribution in [0.5, 0.6) is 0 Å². The fourth-order valence-electron chi connectivity index (χ4n) is 4.25. The van der Waals surface area contributed by atoms with Crippen molar-refractivity contribution in [1.29, 1.82) is 0 Å². The minimum absolute atomic E-state index is 0.00689. The molecule has 5 nitrogen and oxygen atoms in total. The predicted octanol–water partition coefficient (Wildman–Crippen LogP) is 4.91. The molecule has 0 aromatic rings. The predicted molar refractivity (Wildman–Crippen MR) is 122 cm³/mol. The van der Waals surface area contributed by atoms with Gasteiger partial charge in [-0.25, -0.2) is 0 Å². The van der Waals surface area contributed by atoms with Gasteiger partial charge in [0.2, 0.25) is 0 Å². The Kier molecular flexibility index (Phi) is 14.5. The first-order valence-electron chi connectivity index (χ1n) is 12.5. The van der Waals surface area contributed by atoms with E-state index in [-0.39, 0.29) is 6.61 Å². The molecule has 1 saturated heterocycles. The summed E-state index contributed by atoms with van der Waals surface area (Å²) in [5.41, 5.74) is 0. The van der Waals surface area contributed by atoms with E-state index in [1.165, 1.54) is 57.8 Å². The normalized spacial score (nSPS) is 27.9. The van der Waals surface area contributed by atoms with Crippen molar-refractivity contribution in [2.24, 2.45) is 23.7 Å². The van der Waals surface area contributed by atoms with E-state index in [1.807, 2.05) is 0 Å². The molecule has 0 aromatic heterocycles. The van der Waals surface area contributed by atoms with Gasteiger partial charge in [0, 0.05) is 0 Å². The van der Waals surface area contributed by atoms with Crippen LogP contribution in [0.3, 0.4) is 0 Å². The van der Waals surface area contributed by atoms with Crippen molar-refractivity contribution in [3.05, 3.63) is 0 Å². The van der Waals surface area contributed by atoms with Crippen LogP contribution < -0.4 is 0 Å². The Morgan fingerprint density at radius 1 is 0.700 bits per heavy atom. The van der Waals surface area contributed by atoms with Gasteiger partial charge in [0.25, 0.3) is 0 Å². The van der Waals surface area contributed by atoms with Crippen LogP contribution in [0.2, 0.25) is 0 Å². The average Bonchev–Trinajstić information content (AvgIpc) is 2.67. The van der Waals surface area contributed by atoms with Crippen molar-refractivity contribution in [2.45, 2.75) is 123 Å². The molecule has 0 radical (unpaired) electrons. The first kappa shape index (κ1) is 27.8. The molecule has 0 aromatic carbocycles. The van der Waals surface area contributed by atoms with Gasteiger partial charge in [0.1, 0.15) is 18.3 Å². The summed E-state index contributed by atoms with van der Waals surface area (Å²) in [7, 11) is 0. The summed E-state index contributed by atoms with van der Waals surface area (Å²) in [6.07, 6.45) is 8.56. The third-order valence-electron chi connectivity index (χ3n) is 6.61. The van der Waals surface area contributed by atoms with Crippen molar-refractivity contribution in [3.8, 4) is 0 Å². The molecule has 1 heterocycles. The Labute approximate surface area is 185 Å². The van der Waals surface area contributed by atoms with E-state index < -0.39 is 24.6 Å². The zero-order chi connectivity index (χ0) is 22.5. The minimum Gasteiger partial charge on any atom is -0.388 e. The number of ether oxygens (including phenoxy) is 2. The summed E-state index contributed by atoms with van der Waals surface area (Å²) >= 11 is 0. The third kappa shape index (κ3) is 12.0. The largest absolute Gasteiger partial charge is 0.388 e. The second kappa shape index (κ2) is 15.6. The zero-order valence-electron chi connectivity index (χ0n) is 20.3. The van der Waals surface area contributed by atoms with Crippen LogP contribution in [0, 0.1) is 23.7 Å². The topological polar surface area (TPSA) is 79.2 Å². The maximum Gasteiger partial charge on any atom is 0.186 e. The van der Waals surface area contributed by atoms with Crippen molar-refractivity contribution < 1.29 is 24.8 Å². The van der Waals surface area contributed by atoms with Crippen LogP contribution in [0.15, 0.2) is 0 Å². The standard InChI is InChI=1S/C25H50O5/c1-18(2)9-6-10-19(3)11-7-12-20(4)13-8-14-21(5)15-16-29-25-24(28)23(27)22(26)17-30-25/h18-28H,6-17H2,1-5H3/t19?,20?,21?,22?,23?,24-,25?/m0/s1. The SMILES string of the molecule is CC(C)CCCC(C)CCCC(C)CCCC(C)CCOC1OCC(O)C(O)[C@@H]1O. The highest BCUT2D eigenvalue weighted by atomic mass is 16.7. The molecule has 0 amide bonds. The molecule has 0 aliphatic carbocycles. The Morgan fingerprint density at radius 3 is 1.67 bits per heavy atom. The Morgan fingerprint density at radius 2 is 1.17 bits per heavy atom. The van der Waals surface area contributed by atoms with Crippen molar-refractivity contribution >= 4 is 0 Å². The van der Waals surface area contributed by atoms with Crippen molar-refractivity contribution in [2.75, 3.05) is 13.2 Å². The van der Waals surface area contributed by atoms with Crippen LogP contribution in [0.1, 0.15) is 98.8 Å². The molecule has 1 aliphatic heterocycles. The molecule has 0 bridgehead atoms. The van der Waals surface area contributed by atoms with Gasteiger partial charge in [-0.1, -0.05) is 92.4 Å². The lowest BCUT2D eigenvalue weighted by Crippen LogP contribution is -2.53. The highest BCUT2D eigenvalue weighted by Crippen LogP contribution is 2.23. The van der Waals surface area contributed by atoms with Gasteiger partial charge in [-0.3, -0.25) is 0 Å². The van der Waals surface area contributed by atoms with Crippen molar-refractivity contribution in [3.63, 3.8) is 0 Å². The summed E-state index contributed by atoms with van der Waals surface area (Å²) in [5.74, 6) is 3.07. The Bertz CT molecular complexity index is 416. The summed E-state index contributed by atoms with van der Waals surface area (Å²) in [6.45, 7) is 12.2. The number of hydrogen-bond acceptors (Lipinski definition) is 5. The lowest BCUT2D eigenvalue weighted by molar-refractivity contribution is -0.270. The second-order valence-electron chi connectivity index (χ2n) is 10.4. The zero-order valence-corrected chi connectivity index (χ0v) is 20.3. The molecule has 1 aliphatic rings. The first-order valence-corrected chi connectivity index (χ1v) is 12.5. The van der Waals surface area contributed by atoms with E-state index in [9.17, 15) is 15.3 Å². The molecule has 1 fully saturated rings. The Hall–Kier alpha value is -0.200. The average molecular weight is 431 g/mol. The maximum absolute atomic E-state index is 9.88. The van der Waals surface area contributed by atoms with Gasteiger partial charge in [-0.05, 0) is 30.1 Å². The van der Waals surface area contributed by atoms with Crippen LogP contribution in [-0.4, -0.2) is 53.1 Å². The molecule has 6 unspecified atom stereocenters. The minimum atomic E-state index is -1.20. The van der Waals surface area contributed by atoms with Gasteiger partial charge in [0.15, 0.2) is 6.29 Å². The van der Waals surface area contributed by atoms with Gasteiger partial charge in [-0.15, -0.1) is 0 Å². The highest BCUT2D eigenvalue weighted by molar-refractivity contribution is 4.82. The summed E-state index contributed by atoms with van der Waals surface area (Å²) in [5, 5.41) is 29.0. The molecular weight excluding hydrogens is 380 g/mol. The van der Waals surface area contributed by atoms with Crippen LogP contribution in [-0.2, 0) is 9.47 Å². The van der Waals surface area contributed by atoms with E-state index in [1.54, 1.807) is 0 Å². The number of rotatable bonds is 16. The fraction of sp³-hybridized carbons (Fsp3) is 1.00. The van der Waals surface area contributed by atoms with E-state index >= 15 is 0 Å². The quantitative estimate of drug-likeness (QED) is 0.324. The molecular formula is C25H50O5. The van der Waals surface area contributed by atoms with Crippen LogP contribution in [0.4, 0.5) is 0 Å². The van der Waals surface area contributed by atoms with E-state index in [4.69, 9.17) is 9.47 Å². The monoisotopic (exact) mass is 430 g/mol. The Balaban J connectivity index is 2.02. The van der Waals surface area contributed by atoms with Gasteiger partial charge >= 0.3 is 0 Å². The maximum atomic E-state index is 9.88. The smallest absolute Gasteiger partial charge is 0.186 e. The molecule has 3 N–H and O–H groups in total. The van der Waals surface area contributed by atoms with Crippen molar-refractivity contribution in [1.82, 2.24) is 0 Å². The molecule has 180 valence electrons. The van der Waals surface area contributed by atoms with Gasteiger partial charge in [-0.2, -0.15) is 0 Å². The molecule has 5 heteroatoms. The lowest BCUT2D eigenvalue weighted by atomic mass is 9.91. The van der Waals surface area contributed by atoms with E-state index in [0.29, 0.717) is 12.5 Å². The molecule has 30 heavy (non-hydrogen) atoms. The lowest BCUT2D eigenvalue weighted by Gasteiger charge is -2.35.